The van der Waals surface area contributed by atoms with Crippen LogP contribution >= 0.6 is 0 Å². The van der Waals surface area contributed by atoms with E-state index in [4.69, 9.17) is 0 Å². The van der Waals surface area contributed by atoms with Gasteiger partial charge in [-0.3, -0.25) is 0 Å². The van der Waals surface area contributed by atoms with Crippen molar-refractivity contribution < 1.29 is 8.42 Å². The molecule has 1 heterocycles. The van der Waals surface area contributed by atoms with E-state index in [2.05, 4.69) is 4.72 Å². The van der Waals surface area contributed by atoms with Crippen molar-refractivity contribution in [1.29, 1.82) is 0 Å². The van der Waals surface area contributed by atoms with Gasteiger partial charge >= 0.3 is 0 Å². The summed E-state index contributed by atoms with van der Waals surface area (Å²) in [5, 5.41) is -0.383. The molecule has 1 rings (SSSR count). The minimum Gasteiger partial charge on any atom is -0.357 e. The molecule has 1 N–H and O–H groups in total. The maximum Gasteiger partial charge on any atom is 0.214 e. The Morgan fingerprint density at radius 1 is 1.50 bits per heavy atom. The fourth-order valence-electron chi connectivity index (χ4n) is 1.02. The van der Waals surface area contributed by atoms with E-state index in [9.17, 15) is 8.42 Å². The molecule has 5 heteroatoms. The van der Waals surface area contributed by atoms with Gasteiger partial charge in [-0.1, -0.05) is 0 Å². The number of nitrogens with zero attached hydrogens (tertiary/aromatic N) is 1. The minimum atomic E-state index is -3.15. The summed E-state index contributed by atoms with van der Waals surface area (Å²) in [5.74, 6) is 0. The van der Waals surface area contributed by atoms with Crippen molar-refractivity contribution in [3.8, 4) is 0 Å². The van der Waals surface area contributed by atoms with Crippen LogP contribution in [0.2, 0.25) is 0 Å². The largest absolute Gasteiger partial charge is 0.357 e. The van der Waals surface area contributed by atoms with E-state index in [-0.39, 0.29) is 5.25 Å². The van der Waals surface area contributed by atoms with Crippen molar-refractivity contribution in [2.45, 2.75) is 25.6 Å². The molecule has 0 saturated heterocycles. The highest BCUT2D eigenvalue weighted by atomic mass is 32.2. The second-order valence-corrected chi connectivity index (χ2v) is 5.92. The zero-order valence-electron chi connectivity index (χ0n) is 8.69. The molecule has 0 unspecified atom stereocenters. The summed E-state index contributed by atoms with van der Waals surface area (Å²) in [6, 6.07) is 1.89. The zero-order valence-corrected chi connectivity index (χ0v) is 9.50. The summed E-state index contributed by atoms with van der Waals surface area (Å²) in [6.07, 6.45) is 3.78. The molecule has 4 nitrogen and oxygen atoms in total. The van der Waals surface area contributed by atoms with Gasteiger partial charge in [-0.25, -0.2) is 13.1 Å². The number of nitrogens with one attached hydrogen (secondary N) is 1. The third-order valence-corrected chi connectivity index (χ3v) is 3.78. The van der Waals surface area contributed by atoms with Crippen LogP contribution < -0.4 is 4.72 Å². The van der Waals surface area contributed by atoms with Crippen molar-refractivity contribution in [2.24, 2.45) is 7.05 Å². The van der Waals surface area contributed by atoms with Crippen molar-refractivity contribution in [1.82, 2.24) is 9.29 Å². The average Bonchev–Trinajstić information content (AvgIpc) is 2.48. The lowest BCUT2D eigenvalue weighted by atomic mass is 10.4. The van der Waals surface area contributed by atoms with E-state index in [0.29, 0.717) is 6.54 Å². The van der Waals surface area contributed by atoms with E-state index in [1.165, 1.54) is 0 Å². The van der Waals surface area contributed by atoms with Crippen LogP contribution in [0, 0.1) is 0 Å². The molecule has 80 valence electrons. The summed E-state index contributed by atoms with van der Waals surface area (Å²) in [6.45, 7) is 3.68. The molecule has 1 aromatic rings. The molecule has 0 spiro atoms. The number of aryl methyl sites for hydroxylation is 1. The Hall–Kier alpha value is -0.810. The normalized spacial score (nSPS) is 12.3. The Morgan fingerprint density at radius 3 is 2.57 bits per heavy atom. The third kappa shape index (κ3) is 2.85. The first-order valence-corrected chi connectivity index (χ1v) is 6.06. The fourth-order valence-corrected chi connectivity index (χ4v) is 1.72. The molecule has 0 aliphatic heterocycles. The van der Waals surface area contributed by atoms with Gasteiger partial charge in [0, 0.05) is 26.0 Å². The van der Waals surface area contributed by atoms with Crippen LogP contribution in [0.4, 0.5) is 0 Å². The summed E-state index contributed by atoms with van der Waals surface area (Å²) < 4.78 is 27.2. The van der Waals surface area contributed by atoms with Gasteiger partial charge in [0.05, 0.1) is 5.25 Å². The SMILES string of the molecule is CC(C)S(=O)(=O)NCc1ccn(C)c1. The number of rotatable bonds is 4. The number of sulfonamides is 1. The van der Waals surface area contributed by atoms with Crippen LogP contribution in [-0.2, 0) is 23.6 Å². The first kappa shape index (κ1) is 11.3. The van der Waals surface area contributed by atoms with Crippen LogP contribution in [0.1, 0.15) is 19.4 Å². The van der Waals surface area contributed by atoms with Gasteiger partial charge in [-0.15, -0.1) is 0 Å². The molecule has 0 radical (unpaired) electrons. The second kappa shape index (κ2) is 4.14. The molecule has 0 fully saturated rings. The molecule has 0 amide bonds. The molecule has 0 aliphatic carbocycles. The van der Waals surface area contributed by atoms with Crippen LogP contribution in [0.25, 0.3) is 0 Å². The van der Waals surface area contributed by atoms with Gasteiger partial charge in [0.2, 0.25) is 10.0 Å². The Morgan fingerprint density at radius 2 is 2.14 bits per heavy atom. The van der Waals surface area contributed by atoms with Crippen molar-refractivity contribution >= 4 is 10.0 Å². The molecule has 0 aliphatic rings. The maximum absolute atomic E-state index is 11.4. The lowest BCUT2D eigenvalue weighted by molar-refractivity contribution is 0.572. The van der Waals surface area contributed by atoms with Crippen molar-refractivity contribution in [2.75, 3.05) is 0 Å². The third-order valence-electron chi connectivity index (χ3n) is 1.99. The predicted molar refractivity (Wildman–Crippen MR) is 56.3 cm³/mol. The Balaban J connectivity index is 2.57. The lowest BCUT2D eigenvalue weighted by Gasteiger charge is -2.07. The molecule has 0 bridgehead atoms. The smallest absolute Gasteiger partial charge is 0.214 e. The summed E-state index contributed by atoms with van der Waals surface area (Å²) >= 11 is 0. The quantitative estimate of drug-likeness (QED) is 0.811. The highest BCUT2D eigenvalue weighted by molar-refractivity contribution is 7.90. The molecule has 0 atom stereocenters. The molecule has 1 aromatic heterocycles. The van der Waals surface area contributed by atoms with Crippen LogP contribution in [-0.4, -0.2) is 18.2 Å². The Bertz CT molecular complexity index is 393. The molecular formula is C9H16N2O2S. The average molecular weight is 216 g/mol. The summed E-state index contributed by atoms with van der Waals surface area (Å²) in [5.41, 5.74) is 0.969. The summed E-state index contributed by atoms with van der Waals surface area (Å²) in [4.78, 5) is 0. The van der Waals surface area contributed by atoms with Gasteiger partial charge in [-0.05, 0) is 25.5 Å². The number of hydrogen-bond acceptors (Lipinski definition) is 2. The van der Waals surface area contributed by atoms with Gasteiger partial charge in [0.15, 0.2) is 0 Å². The van der Waals surface area contributed by atoms with Crippen LogP contribution in [0.3, 0.4) is 0 Å². The predicted octanol–water partition coefficient (Wildman–Crippen LogP) is 0.853. The number of aromatic nitrogens is 1. The van der Waals surface area contributed by atoms with E-state index in [0.717, 1.165) is 5.56 Å². The van der Waals surface area contributed by atoms with E-state index >= 15 is 0 Å². The molecule has 0 saturated carbocycles. The zero-order chi connectivity index (χ0) is 10.8. The Labute approximate surface area is 85.0 Å². The first-order chi connectivity index (χ1) is 6.42. The molecular weight excluding hydrogens is 200 g/mol. The van der Waals surface area contributed by atoms with Gasteiger partial charge < -0.3 is 4.57 Å². The van der Waals surface area contributed by atoms with Gasteiger partial charge in [-0.2, -0.15) is 0 Å². The van der Waals surface area contributed by atoms with Gasteiger partial charge in [0.1, 0.15) is 0 Å². The van der Waals surface area contributed by atoms with Crippen molar-refractivity contribution in [3.63, 3.8) is 0 Å². The number of hydrogen-bond donors (Lipinski definition) is 1. The first-order valence-electron chi connectivity index (χ1n) is 4.51. The monoisotopic (exact) mass is 216 g/mol. The Kier molecular flexibility index (Phi) is 3.34. The lowest BCUT2D eigenvalue weighted by Crippen LogP contribution is -2.30. The molecule has 0 aromatic carbocycles. The topological polar surface area (TPSA) is 51.1 Å². The van der Waals surface area contributed by atoms with Crippen LogP contribution in [0.15, 0.2) is 18.5 Å². The van der Waals surface area contributed by atoms with E-state index < -0.39 is 10.0 Å². The maximum atomic E-state index is 11.4. The van der Waals surface area contributed by atoms with E-state index in [1.807, 2.05) is 30.1 Å². The van der Waals surface area contributed by atoms with Gasteiger partial charge in [0.25, 0.3) is 0 Å². The summed E-state index contributed by atoms with van der Waals surface area (Å²) in [7, 11) is -1.24. The fraction of sp³-hybridized carbons (Fsp3) is 0.556. The highest BCUT2D eigenvalue weighted by Gasteiger charge is 2.14. The second-order valence-electron chi connectivity index (χ2n) is 3.60. The van der Waals surface area contributed by atoms with Crippen molar-refractivity contribution in [3.05, 3.63) is 24.0 Å². The molecule has 14 heavy (non-hydrogen) atoms. The highest BCUT2D eigenvalue weighted by Crippen LogP contribution is 2.02. The minimum absolute atomic E-state index is 0.362. The van der Waals surface area contributed by atoms with E-state index in [1.54, 1.807) is 13.8 Å². The standard InChI is InChI=1S/C9H16N2O2S/c1-8(2)14(12,13)10-6-9-4-5-11(3)7-9/h4-5,7-8,10H,6H2,1-3H3. The van der Waals surface area contributed by atoms with Crippen LogP contribution in [0.5, 0.6) is 0 Å².